The third kappa shape index (κ3) is 2.09. The summed E-state index contributed by atoms with van der Waals surface area (Å²) >= 11 is 0. The van der Waals surface area contributed by atoms with E-state index < -0.39 is 0 Å². The molecule has 1 atom stereocenters. The number of Topliss-reactive ketones (excluding diaryl/α,β-unsaturated/α-hetero) is 1. The minimum Gasteiger partial charge on any atom is -0.321 e. The van der Waals surface area contributed by atoms with Crippen LogP contribution in [0, 0.1) is 5.92 Å². The molecule has 0 radical (unpaired) electrons. The number of aromatic nitrogens is 3. The Morgan fingerprint density at radius 1 is 1.29 bits per heavy atom. The van der Waals surface area contributed by atoms with Crippen LogP contribution < -0.4 is 0 Å². The molecule has 4 rings (SSSR count). The van der Waals surface area contributed by atoms with Crippen LogP contribution >= 0.6 is 0 Å². The smallest absolute Gasteiger partial charge is 0.138 e. The summed E-state index contributed by atoms with van der Waals surface area (Å²) in [6.45, 7) is 0. The Balaban J connectivity index is 1.62. The third-order valence-electron chi connectivity index (χ3n) is 4.89. The number of pyridine rings is 1. The van der Waals surface area contributed by atoms with Gasteiger partial charge < -0.3 is 4.57 Å². The van der Waals surface area contributed by atoms with Crippen LogP contribution in [0.2, 0.25) is 0 Å². The molecule has 1 aliphatic carbocycles. The molecule has 0 spiro atoms. The lowest BCUT2D eigenvalue weighted by molar-refractivity contribution is -0.124. The molecule has 0 aromatic carbocycles. The van der Waals surface area contributed by atoms with E-state index in [9.17, 15) is 4.79 Å². The van der Waals surface area contributed by atoms with Crippen LogP contribution in [0.15, 0.2) is 30.9 Å². The van der Waals surface area contributed by atoms with Crippen LogP contribution in [0.5, 0.6) is 0 Å². The van der Waals surface area contributed by atoms with Gasteiger partial charge in [-0.15, -0.1) is 0 Å². The average molecular weight is 281 g/mol. The lowest BCUT2D eigenvalue weighted by Crippen LogP contribution is -2.21. The first-order valence-corrected chi connectivity index (χ1v) is 7.84. The van der Waals surface area contributed by atoms with Crippen molar-refractivity contribution in [1.29, 1.82) is 0 Å². The molecule has 0 unspecified atom stereocenters. The normalized spacial score (nSPS) is 21.0. The van der Waals surface area contributed by atoms with Crippen molar-refractivity contribution in [2.45, 2.75) is 44.6 Å². The van der Waals surface area contributed by atoms with Crippen molar-refractivity contribution in [3.8, 4) is 11.3 Å². The highest BCUT2D eigenvalue weighted by Gasteiger charge is 2.33. The molecule has 21 heavy (non-hydrogen) atoms. The Bertz CT molecular complexity index is 670. The second-order valence-electron chi connectivity index (χ2n) is 6.14. The summed E-state index contributed by atoms with van der Waals surface area (Å²) in [6.07, 6.45) is 11.9. The van der Waals surface area contributed by atoms with E-state index >= 15 is 0 Å². The molecule has 0 N–H and O–H groups in total. The largest absolute Gasteiger partial charge is 0.321 e. The van der Waals surface area contributed by atoms with Gasteiger partial charge in [-0.1, -0.05) is 19.3 Å². The van der Waals surface area contributed by atoms with Gasteiger partial charge >= 0.3 is 0 Å². The van der Waals surface area contributed by atoms with Crippen LogP contribution in [-0.4, -0.2) is 20.3 Å². The Labute approximate surface area is 124 Å². The maximum Gasteiger partial charge on any atom is 0.138 e. The van der Waals surface area contributed by atoms with Gasteiger partial charge in [0.15, 0.2) is 0 Å². The molecule has 2 aromatic rings. The maximum atomic E-state index is 12.6. The average Bonchev–Trinajstić information content (AvgIpc) is 3.11. The van der Waals surface area contributed by atoms with E-state index in [0.717, 1.165) is 29.8 Å². The van der Waals surface area contributed by atoms with E-state index in [2.05, 4.69) is 20.6 Å². The number of hydrogen-bond donors (Lipinski definition) is 0. The molecular weight excluding hydrogens is 262 g/mol. The zero-order valence-electron chi connectivity index (χ0n) is 12.0. The fraction of sp³-hybridized carbons (Fsp3) is 0.471. The van der Waals surface area contributed by atoms with Gasteiger partial charge in [0.1, 0.15) is 5.78 Å². The number of hydrogen-bond acceptors (Lipinski definition) is 3. The van der Waals surface area contributed by atoms with Crippen LogP contribution in [0.25, 0.3) is 11.3 Å². The number of rotatable bonds is 3. The Morgan fingerprint density at radius 3 is 3.00 bits per heavy atom. The standard InChI is InChI=1S/C17H19N3O/c21-16(12-5-2-1-3-6-12)9-14-17-13(7-4-8-19-17)15-10-18-11-20(14)15/h4,7-8,10-12,14H,1-3,5-6,9H2/t14-/m1/s1. The lowest BCUT2D eigenvalue weighted by atomic mass is 9.84. The van der Waals surface area contributed by atoms with Crippen LogP contribution in [-0.2, 0) is 4.79 Å². The Kier molecular flexibility index (Phi) is 3.09. The number of ketones is 1. The highest BCUT2D eigenvalue weighted by Crippen LogP contribution is 2.40. The molecule has 2 aliphatic rings. The Hall–Kier alpha value is -1.97. The van der Waals surface area contributed by atoms with Crippen LogP contribution in [0.4, 0.5) is 0 Å². The molecule has 4 nitrogen and oxygen atoms in total. The van der Waals surface area contributed by atoms with Crippen molar-refractivity contribution in [1.82, 2.24) is 14.5 Å². The maximum absolute atomic E-state index is 12.6. The quantitative estimate of drug-likeness (QED) is 0.866. The number of nitrogens with zero attached hydrogens (tertiary/aromatic N) is 3. The molecule has 4 heteroatoms. The topological polar surface area (TPSA) is 47.8 Å². The van der Waals surface area contributed by atoms with Crippen molar-refractivity contribution in [3.05, 3.63) is 36.5 Å². The zero-order chi connectivity index (χ0) is 14.2. The highest BCUT2D eigenvalue weighted by atomic mass is 16.1. The molecule has 1 aliphatic heterocycles. The minimum atomic E-state index is 0.0353. The van der Waals surface area contributed by atoms with Crippen LogP contribution in [0.3, 0.4) is 0 Å². The minimum absolute atomic E-state index is 0.0353. The molecule has 2 aromatic heterocycles. The fourth-order valence-electron chi connectivity index (χ4n) is 3.77. The zero-order valence-corrected chi connectivity index (χ0v) is 12.0. The van der Waals surface area contributed by atoms with E-state index in [0.29, 0.717) is 12.2 Å². The van der Waals surface area contributed by atoms with Crippen LogP contribution in [0.1, 0.15) is 50.3 Å². The van der Waals surface area contributed by atoms with Gasteiger partial charge in [0, 0.05) is 24.1 Å². The summed E-state index contributed by atoms with van der Waals surface area (Å²) < 4.78 is 2.11. The summed E-state index contributed by atoms with van der Waals surface area (Å²) in [6, 6.07) is 4.05. The van der Waals surface area contributed by atoms with Gasteiger partial charge in [-0.05, 0) is 25.0 Å². The van der Waals surface area contributed by atoms with Gasteiger partial charge in [-0.2, -0.15) is 0 Å². The van der Waals surface area contributed by atoms with E-state index in [1.165, 1.54) is 19.3 Å². The number of carbonyl (C=O) groups is 1. The van der Waals surface area contributed by atoms with Crippen molar-refractivity contribution in [2.75, 3.05) is 0 Å². The number of fused-ring (bicyclic) bond motifs is 3. The predicted octanol–water partition coefficient (Wildman–Crippen LogP) is 3.39. The second kappa shape index (κ2) is 5.10. The van der Waals surface area contributed by atoms with Crippen molar-refractivity contribution >= 4 is 5.78 Å². The molecule has 1 fully saturated rings. The van der Waals surface area contributed by atoms with Gasteiger partial charge in [0.05, 0.1) is 30.0 Å². The van der Waals surface area contributed by atoms with Crippen molar-refractivity contribution < 1.29 is 4.79 Å². The van der Waals surface area contributed by atoms with E-state index in [1.807, 2.05) is 24.8 Å². The predicted molar refractivity (Wildman–Crippen MR) is 79.8 cm³/mol. The van der Waals surface area contributed by atoms with E-state index in [4.69, 9.17) is 0 Å². The van der Waals surface area contributed by atoms with Gasteiger partial charge in [-0.25, -0.2) is 4.98 Å². The second-order valence-corrected chi connectivity index (χ2v) is 6.14. The summed E-state index contributed by atoms with van der Waals surface area (Å²) in [5.41, 5.74) is 3.23. The van der Waals surface area contributed by atoms with Gasteiger partial charge in [0.2, 0.25) is 0 Å². The number of imidazole rings is 1. The Morgan fingerprint density at radius 2 is 2.14 bits per heavy atom. The number of carbonyl (C=O) groups excluding carboxylic acids is 1. The first kappa shape index (κ1) is 12.7. The van der Waals surface area contributed by atoms with E-state index in [1.54, 1.807) is 0 Å². The summed E-state index contributed by atoms with van der Waals surface area (Å²) in [5, 5.41) is 0. The van der Waals surface area contributed by atoms with Gasteiger partial charge in [0.25, 0.3) is 0 Å². The van der Waals surface area contributed by atoms with Gasteiger partial charge in [-0.3, -0.25) is 9.78 Å². The van der Waals surface area contributed by atoms with E-state index in [-0.39, 0.29) is 12.0 Å². The molecule has 0 bridgehead atoms. The van der Waals surface area contributed by atoms with Crippen molar-refractivity contribution in [2.24, 2.45) is 5.92 Å². The molecular formula is C17H19N3O. The molecule has 0 saturated heterocycles. The first-order chi connectivity index (χ1) is 10.3. The first-order valence-electron chi connectivity index (χ1n) is 7.84. The monoisotopic (exact) mass is 281 g/mol. The molecule has 3 heterocycles. The van der Waals surface area contributed by atoms with Crippen molar-refractivity contribution in [3.63, 3.8) is 0 Å². The lowest BCUT2D eigenvalue weighted by Gasteiger charge is -2.22. The molecule has 0 amide bonds. The summed E-state index contributed by atoms with van der Waals surface area (Å²) in [4.78, 5) is 21.4. The summed E-state index contributed by atoms with van der Waals surface area (Å²) in [7, 11) is 0. The SMILES string of the molecule is O=C(C[C@@H]1c2ncccc2-c2cncn21)C1CCCCC1. The highest BCUT2D eigenvalue weighted by molar-refractivity contribution is 5.83. The molecule has 1 saturated carbocycles. The fourth-order valence-corrected chi connectivity index (χ4v) is 3.77. The summed E-state index contributed by atoms with van der Waals surface area (Å²) in [5.74, 6) is 0.663. The molecule has 108 valence electrons. The third-order valence-corrected chi connectivity index (χ3v) is 4.89.